The molecule has 0 spiro atoms. The molecule has 39 heavy (non-hydrogen) atoms. The number of benzene rings is 1. The van der Waals surface area contributed by atoms with Crippen LogP contribution in [0.3, 0.4) is 0 Å². The fourth-order valence-electron chi connectivity index (χ4n) is 4.06. The Labute approximate surface area is 232 Å². The van der Waals surface area contributed by atoms with Gasteiger partial charge in [0.15, 0.2) is 5.69 Å². The first-order valence-corrected chi connectivity index (χ1v) is 14.9. The average molecular weight is 591 g/mol. The molecule has 1 heterocycles. The molecule has 0 saturated heterocycles. The third-order valence-electron chi connectivity index (χ3n) is 6.68. The first kappa shape index (κ1) is 32.6. The topological polar surface area (TPSA) is 125 Å². The summed E-state index contributed by atoms with van der Waals surface area (Å²) in [5.74, 6) is -0.766. The number of nitrogens with one attached hydrogen (secondary N) is 1. The van der Waals surface area contributed by atoms with E-state index < -0.39 is 32.9 Å². The first-order valence-electron chi connectivity index (χ1n) is 12.4. The Hall–Kier alpha value is -2.62. The van der Waals surface area contributed by atoms with Crippen molar-refractivity contribution in [3.05, 3.63) is 40.0 Å². The van der Waals surface area contributed by atoms with Crippen molar-refractivity contribution >= 4 is 27.3 Å². The van der Waals surface area contributed by atoms with Crippen LogP contribution in [0.25, 0.3) is 11.3 Å². The second-order valence-corrected chi connectivity index (χ2v) is 13.0. The highest BCUT2D eigenvalue weighted by Gasteiger charge is 2.47. The molecule has 1 atom stereocenters. The van der Waals surface area contributed by atoms with E-state index in [9.17, 15) is 36.8 Å². The van der Waals surface area contributed by atoms with E-state index in [1.807, 2.05) is 6.07 Å². The number of nitrogens with zero attached hydrogens (tertiary/aromatic N) is 3. The summed E-state index contributed by atoms with van der Waals surface area (Å²) >= 11 is 6.56. The number of nitriles is 1. The molecule has 0 radical (unpaired) electrons. The van der Waals surface area contributed by atoms with Crippen molar-refractivity contribution in [1.29, 1.82) is 5.26 Å². The van der Waals surface area contributed by atoms with Gasteiger partial charge in [-0.25, -0.2) is 8.42 Å². The van der Waals surface area contributed by atoms with Gasteiger partial charge in [0.05, 0.1) is 33.4 Å². The maximum atomic E-state index is 13.4. The number of alkyl halides is 3. The standard InChI is InChI=1S/C26H34ClF3N4O4S/c1-6-25(36,11-8-12-39(5,37)38)16-32-23(35)21-20(27)22(34(7-2)33-21)19-10-9-17(13-18(19)15-31)14-24(3,4)26(28,29)30/h9-10,13,36H,6-8,11-12,14,16H2,1-5H3,(H,32,35)/t25-/m0/s1. The van der Waals surface area contributed by atoms with E-state index in [0.29, 0.717) is 11.1 Å². The molecule has 1 aromatic heterocycles. The van der Waals surface area contributed by atoms with Crippen LogP contribution in [0.1, 0.15) is 68.6 Å². The van der Waals surface area contributed by atoms with Crippen molar-refractivity contribution in [2.75, 3.05) is 18.6 Å². The van der Waals surface area contributed by atoms with Gasteiger partial charge >= 0.3 is 6.18 Å². The lowest BCUT2D eigenvalue weighted by atomic mass is 9.84. The Kier molecular flexibility index (Phi) is 10.3. The molecular formula is C26H34ClF3N4O4S. The largest absolute Gasteiger partial charge is 0.394 e. The number of hydrogen-bond donors (Lipinski definition) is 2. The third kappa shape index (κ3) is 8.19. The zero-order valence-corrected chi connectivity index (χ0v) is 24.2. The molecule has 0 unspecified atom stereocenters. The number of carbonyl (C=O) groups excluding carboxylic acids is 1. The first-order chi connectivity index (χ1) is 17.9. The smallest absolute Gasteiger partial charge is 0.388 e. The summed E-state index contributed by atoms with van der Waals surface area (Å²) in [6, 6.07) is 6.37. The molecule has 0 aliphatic heterocycles. The van der Waals surface area contributed by atoms with Crippen molar-refractivity contribution in [2.45, 2.75) is 71.7 Å². The highest BCUT2D eigenvalue weighted by atomic mass is 35.5. The molecule has 0 aliphatic rings. The number of amides is 1. The van der Waals surface area contributed by atoms with Crippen molar-refractivity contribution < 1.29 is 31.5 Å². The van der Waals surface area contributed by atoms with E-state index in [0.717, 1.165) is 20.1 Å². The van der Waals surface area contributed by atoms with Crippen LogP contribution < -0.4 is 5.32 Å². The normalized spacial score (nSPS) is 14.1. The third-order valence-corrected chi connectivity index (χ3v) is 8.06. The van der Waals surface area contributed by atoms with Crippen LogP contribution in [0.2, 0.25) is 5.02 Å². The maximum absolute atomic E-state index is 13.4. The SMILES string of the molecule is CCn1nc(C(=O)NC[C@](O)(CC)CCCS(C)(=O)=O)c(Cl)c1-c1ccc(CC(C)(C)C(F)(F)F)cc1C#N. The summed E-state index contributed by atoms with van der Waals surface area (Å²) in [5, 5.41) is 27.4. The Morgan fingerprint density at radius 2 is 1.90 bits per heavy atom. The Bertz CT molecular complexity index is 1350. The van der Waals surface area contributed by atoms with Gasteiger partial charge in [-0.3, -0.25) is 9.48 Å². The molecule has 2 N–H and O–H groups in total. The van der Waals surface area contributed by atoms with Crippen LogP contribution in [0.5, 0.6) is 0 Å². The number of carbonyl (C=O) groups is 1. The van der Waals surface area contributed by atoms with E-state index in [2.05, 4.69) is 10.4 Å². The van der Waals surface area contributed by atoms with Gasteiger partial charge in [0.25, 0.3) is 5.91 Å². The van der Waals surface area contributed by atoms with Gasteiger partial charge in [-0.2, -0.15) is 23.5 Å². The molecule has 0 aliphatic carbocycles. The molecule has 1 amide bonds. The highest BCUT2D eigenvalue weighted by Crippen LogP contribution is 2.41. The van der Waals surface area contributed by atoms with Crippen molar-refractivity contribution in [3.63, 3.8) is 0 Å². The van der Waals surface area contributed by atoms with Crippen LogP contribution in [0.4, 0.5) is 13.2 Å². The predicted octanol–water partition coefficient (Wildman–Crippen LogP) is 4.92. The van der Waals surface area contributed by atoms with Crippen LogP contribution in [-0.4, -0.2) is 59.5 Å². The lowest BCUT2D eigenvalue weighted by Crippen LogP contribution is -2.43. The van der Waals surface area contributed by atoms with E-state index in [1.165, 1.54) is 22.9 Å². The highest BCUT2D eigenvalue weighted by molar-refractivity contribution is 7.90. The molecule has 0 fully saturated rings. The second kappa shape index (κ2) is 12.3. The number of halogens is 4. The molecule has 8 nitrogen and oxygen atoms in total. The summed E-state index contributed by atoms with van der Waals surface area (Å²) in [7, 11) is -3.19. The summed E-state index contributed by atoms with van der Waals surface area (Å²) in [6.07, 6.45) is -3.00. The van der Waals surface area contributed by atoms with Crippen LogP contribution >= 0.6 is 11.6 Å². The predicted molar refractivity (Wildman–Crippen MR) is 143 cm³/mol. The summed E-state index contributed by atoms with van der Waals surface area (Å²) < 4.78 is 64.3. The average Bonchev–Trinajstić information content (AvgIpc) is 3.16. The maximum Gasteiger partial charge on any atom is 0.394 e. The van der Waals surface area contributed by atoms with Crippen molar-refractivity contribution in [3.8, 4) is 17.3 Å². The van der Waals surface area contributed by atoms with Gasteiger partial charge in [-0.05, 0) is 44.2 Å². The zero-order chi connectivity index (χ0) is 29.8. The second-order valence-electron chi connectivity index (χ2n) is 10.4. The van der Waals surface area contributed by atoms with Crippen molar-refractivity contribution in [2.24, 2.45) is 5.41 Å². The summed E-state index contributed by atoms with van der Waals surface area (Å²) in [5.41, 5.74) is -2.49. The number of rotatable bonds is 12. The minimum absolute atomic E-state index is 0.0497. The number of hydrogen-bond acceptors (Lipinski definition) is 6. The number of aromatic nitrogens is 2. The zero-order valence-electron chi connectivity index (χ0n) is 22.6. The molecule has 1 aromatic carbocycles. The lowest BCUT2D eigenvalue weighted by Gasteiger charge is -2.27. The van der Waals surface area contributed by atoms with Gasteiger partial charge < -0.3 is 10.4 Å². The minimum atomic E-state index is -4.43. The van der Waals surface area contributed by atoms with E-state index in [1.54, 1.807) is 13.8 Å². The monoisotopic (exact) mass is 590 g/mol. The van der Waals surface area contributed by atoms with Crippen LogP contribution in [0.15, 0.2) is 18.2 Å². The van der Waals surface area contributed by atoms with Gasteiger partial charge in [0.2, 0.25) is 0 Å². The fourth-order valence-corrected chi connectivity index (χ4v) is 5.06. The Balaban J connectivity index is 2.34. The molecule has 2 aromatic rings. The van der Waals surface area contributed by atoms with Crippen molar-refractivity contribution in [1.82, 2.24) is 15.1 Å². The quantitative estimate of drug-likeness (QED) is 0.361. The van der Waals surface area contributed by atoms with E-state index in [-0.39, 0.29) is 66.5 Å². The number of sulfone groups is 1. The number of aliphatic hydroxyl groups is 1. The summed E-state index contributed by atoms with van der Waals surface area (Å²) in [6.45, 7) is 5.76. The number of aryl methyl sites for hydroxylation is 1. The van der Waals surface area contributed by atoms with Gasteiger partial charge in [0.1, 0.15) is 9.84 Å². The molecule has 0 bridgehead atoms. The Morgan fingerprint density at radius 1 is 1.26 bits per heavy atom. The molecule has 13 heteroatoms. The van der Waals surface area contributed by atoms with Gasteiger partial charge in [-0.15, -0.1) is 0 Å². The molecule has 2 rings (SSSR count). The fraction of sp³-hybridized carbons (Fsp3) is 0.577. The minimum Gasteiger partial charge on any atom is -0.388 e. The van der Waals surface area contributed by atoms with E-state index >= 15 is 0 Å². The summed E-state index contributed by atoms with van der Waals surface area (Å²) in [4.78, 5) is 13.0. The Morgan fingerprint density at radius 3 is 2.41 bits per heavy atom. The van der Waals surface area contributed by atoms with Crippen LogP contribution in [-0.2, 0) is 22.8 Å². The van der Waals surface area contributed by atoms with Crippen LogP contribution in [0, 0.1) is 16.7 Å². The van der Waals surface area contributed by atoms with E-state index in [4.69, 9.17) is 11.6 Å². The molecule has 216 valence electrons. The molecule has 0 saturated carbocycles. The lowest BCUT2D eigenvalue weighted by molar-refractivity contribution is -0.211. The van der Waals surface area contributed by atoms with Gasteiger partial charge in [-0.1, -0.05) is 44.5 Å². The molecular weight excluding hydrogens is 557 g/mol. The van der Waals surface area contributed by atoms with Gasteiger partial charge in [0, 0.05) is 30.7 Å².